The molecule has 0 saturated carbocycles. The number of para-hydroxylation sites is 1. The van der Waals surface area contributed by atoms with Crippen LogP contribution in [0.25, 0.3) is 0 Å². The van der Waals surface area contributed by atoms with Crippen LogP contribution in [0.1, 0.15) is 19.8 Å². The Morgan fingerprint density at radius 2 is 2.14 bits per heavy atom. The highest BCUT2D eigenvalue weighted by atomic mass is 35.5. The summed E-state index contributed by atoms with van der Waals surface area (Å²) in [4.78, 5) is 24.9. The molecule has 0 spiro atoms. The van der Waals surface area contributed by atoms with Gasteiger partial charge < -0.3 is 14.7 Å². The van der Waals surface area contributed by atoms with Crippen molar-refractivity contribution in [1.82, 2.24) is 4.90 Å². The van der Waals surface area contributed by atoms with Gasteiger partial charge in [-0.2, -0.15) is 0 Å². The summed E-state index contributed by atoms with van der Waals surface area (Å²) >= 11 is 6.00. The molecule has 0 radical (unpaired) electrons. The molecule has 5 nitrogen and oxygen atoms in total. The molecule has 1 aromatic carbocycles. The average Bonchev–Trinajstić information content (AvgIpc) is 2.49. The van der Waals surface area contributed by atoms with Crippen molar-refractivity contribution in [3.63, 3.8) is 0 Å². The number of amides is 1. The smallest absolute Gasteiger partial charge is 0.308 e. The minimum atomic E-state index is -0.854. The van der Waals surface area contributed by atoms with Gasteiger partial charge in [0, 0.05) is 13.1 Å². The summed E-state index contributed by atoms with van der Waals surface area (Å²) in [6.07, 6.45) is 0.609. The van der Waals surface area contributed by atoms with Crippen molar-refractivity contribution < 1.29 is 19.4 Å². The molecule has 1 aromatic rings. The van der Waals surface area contributed by atoms with E-state index in [4.69, 9.17) is 21.4 Å². The van der Waals surface area contributed by atoms with Gasteiger partial charge in [-0.25, -0.2) is 0 Å². The number of nitrogens with zero attached hydrogens (tertiary/aromatic N) is 1. The molecule has 1 amide bonds. The fourth-order valence-corrected chi connectivity index (χ4v) is 2.60. The topological polar surface area (TPSA) is 66.8 Å². The molecule has 0 aromatic heterocycles. The van der Waals surface area contributed by atoms with Gasteiger partial charge in [0.1, 0.15) is 5.75 Å². The molecular formula is C15H18ClNO4. The van der Waals surface area contributed by atoms with Gasteiger partial charge in [0.2, 0.25) is 0 Å². The third-order valence-corrected chi connectivity index (χ3v) is 3.88. The van der Waals surface area contributed by atoms with Crippen molar-refractivity contribution in [3.8, 4) is 5.75 Å². The zero-order valence-electron chi connectivity index (χ0n) is 11.8. The van der Waals surface area contributed by atoms with Crippen molar-refractivity contribution in [2.75, 3.05) is 13.1 Å². The van der Waals surface area contributed by atoms with Crippen LogP contribution in [0.5, 0.6) is 5.75 Å². The number of benzene rings is 1. The van der Waals surface area contributed by atoms with E-state index in [1.165, 1.54) is 0 Å². The average molecular weight is 312 g/mol. The second-order valence-corrected chi connectivity index (χ2v) is 5.56. The highest BCUT2D eigenvalue weighted by Crippen LogP contribution is 2.25. The predicted octanol–water partition coefficient (Wildman–Crippen LogP) is 2.43. The lowest BCUT2D eigenvalue weighted by Crippen LogP contribution is -2.47. The van der Waals surface area contributed by atoms with Crippen LogP contribution in [0.2, 0.25) is 5.02 Å². The lowest BCUT2D eigenvalue weighted by atomic mass is 9.98. The van der Waals surface area contributed by atoms with E-state index < -0.39 is 18.0 Å². The molecule has 1 fully saturated rings. The Balaban J connectivity index is 1.99. The number of hydrogen-bond acceptors (Lipinski definition) is 3. The Bertz CT molecular complexity index is 534. The fraction of sp³-hybridized carbons (Fsp3) is 0.467. The minimum absolute atomic E-state index is 0.208. The number of likely N-dealkylation sites (tertiary alicyclic amines) is 1. The molecule has 1 saturated heterocycles. The van der Waals surface area contributed by atoms with Crippen LogP contribution in [0, 0.1) is 5.92 Å². The quantitative estimate of drug-likeness (QED) is 0.927. The van der Waals surface area contributed by atoms with Crippen molar-refractivity contribution in [2.45, 2.75) is 25.9 Å². The van der Waals surface area contributed by atoms with Gasteiger partial charge in [0.05, 0.1) is 10.9 Å². The monoisotopic (exact) mass is 311 g/mol. The second kappa shape index (κ2) is 6.80. The maximum atomic E-state index is 12.3. The third kappa shape index (κ3) is 3.88. The Kier molecular flexibility index (Phi) is 5.07. The SMILES string of the molecule is C[C@H](Oc1ccccc1Cl)C(=O)N1CCC[C@H](C(=O)O)C1. The number of piperidine rings is 1. The molecular weight excluding hydrogens is 294 g/mol. The first kappa shape index (κ1) is 15.6. The maximum Gasteiger partial charge on any atom is 0.308 e. The fourth-order valence-electron chi connectivity index (χ4n) is 2.42. The highest BCUT2D eigenvalue weighted by molar-refractivity contribution is 6.32. The molecule has 1 aliphatic rings. The standard InChI is InChI=1S/C15H18ClNO4/c1-10(21-13-7-3-2-6-12(13)16)14(18)17-8-4-5-11(9-17)15(19)20/h2-3,6-7,10-11H,4-5,8-9H2,1H3,(H,19,20)/t10-,11-/m0/s1. The van der Waals surface area contributed by atoms with Crippen LogP contribution < -0.4 is 4.74 Å². The summed E-state index contributed by atoms with van der Waals surface area (Å²) in [5, 5.41) is 9.51. The Labute approximate surface area is 128 Å². The van der Waals surface area contributed by atoms with Gasteiger partial charge in [0.25, 0.3) is 5.91 Å². The minimum Gasteiger partial charge on any atom is -0.481 e. The summed E-state index contributed by atoms with van der Waals surface area (Å²) in [5.74, 6) is -1.10. The van der Waals surface area contributed by atoms with Crippen LogP contribution in [-0.2, 0) is 9.59 Å². The largest absolute Gasteiger partial charge is 0.481 e. The molecule has 21 heavy (non-hydrogen) atoms. The number of rotatable bonds is 4. The molecule has 1 aliphatic heterocycles. The van der Waals surface area contributed by atoms with Gasteiger partial charge in [-0.05, 0) is 31.9 Å². The summed E-state index contributed by atoms with van der Waals surface area (Å²) < 4.78 is 5.59. The van der Waals surface area contributed by atoms with Crippen molar-refractivity contribution in [1.29, 1.82) is 0 Å². The molecule has 114 valence electrons. The predicted molar refractivity (Wildman–Crippen MR) is 78.5 cm³/mol. The zero-order chi connectivity index (χ0) is 15.4. The van der Waals surface area contributed by atoms with E-state index in [0.29, 0.717) is 30.2 Å². The number of hydrogen-bond donors (Lipinski definition) is 1. The van der Waals surface area contributed by atoms with Gasteiger partial charge in [0.15, 0.2) is 6.10 Å². The normalized spacial score (nSPS) is 19.9. The van der Waals surface area contributed by atoms with Crippen LogP contribution in [0.4, 0.5) is 0 Å². The first-order valence-electron chi connectivity index (χ1n) is 6.92. The highest BCUT2D eigenvalue weighted by Gasteiger charge is 2.31. The number of halogens is 1. The molecule has 0 unspecified atom stereocenters. The van der Waals surface area contributed by atoms with Gasteiger partial charge >= 0.3 is 5.97 Å². The number of ether oxygens (including phenoxy) is 1. The van der Waals surface area contributed by atoms with Crippen LogP contribution in [0.3, 0.4) is 0 Å². The van der Waals surface area contributed by atoms with Crippen LogP contribution >= 0.6 is 11.6 Å². The number of aliphatic carboxylic acids is 1. The number of carboxylic acid groups (broad SMARTS) is 1. The van der Waals surface area contributed by atoms with Gasteiger partial charge in [-0.1, -0.05) is 23.7 Å². The summed E-state index contributed by atoms with van der Waals surface area (Å²) in [6.45, 7) is 2.46. The van der Waals surface area contributed by atoms with Crippen molar-refractivity contribution >= 4 is 23.5 Å². The van der Waals surface area contributed by atoms with E-state index in [0.717, 1.165) is 0 Å². The summed E-state index contributed by atoms with van der Waals surface area (Å²) in [5.41, 5.74) is 0. The summed E-state index contributed by atoms with van der Waals surface area (Å²) in [6, 6.07) is 6.95. The summed E-state index contributed by atoms with van der Waals surface area (Å²) in [7, 11) is 0. The molecule has 0 aliphatic carbocycles. The molecule has 1 N–H and O–H groups in total. The Hall–Kier alpha value is -1.75. The van der Waals surface area contributed by atoms with E-state index in [-0.39, 0.29) is 12.5 Å². The van der Waals surface area contributed by atoms with Crippen LogP contribution in [-0.4, -0.2) is 41.1 Å². The van der Waals surface area contributed by atoms with Crippen molar-refractivity contribution in [2.24, 2.45) is 5.92 Å². The third-order valence-electron chi connectivity index (χ3n) is 3.57. The van der Waals surface area contributed by atoms with Crippen LogP contribution in [0.15, 0.2) is 24.3 Å². The van der Waals surface area contributed by atoms with E-state index in [2.05, 4.69) is 0 Å². The number of carbonyl (C=O) groups is 2. The molecule has 2 atom stereocenters. The zero-order valence-corrected chi connectivity index (χ0v) is 12.5. The lowest BCUT2D eigenvalue weighted by Gasteiger charge is -2.32. The Morgan fingerprint density at radius 1 is 1.43 bits per heavy atom. The second-order valence-electron chi connectivity index (χ2n) is 5.15. The molecule has 6 heteroatoms. The van der Waals surface area contributed by atoms with Crippen molar-refractivity contribution in [3.05, 3.63) is 29.3 Å². The first-order valence-corrected chi connectivity index (χ1v) is 7.29. The molecule has 0 bridgehead atoms. The van der Waals surface area contributed by atoms with E-state index in [1.54, 1.807) is 36.1 Å². The number of carbonyl (C=O) groups excluding carboxylic acids is 1. The van der Waals surface area contributed by atoms with Gasteiger partial charge in [-0.3, -0.25) is 9.59 Å². The number of carboxylic acids is 1. The molecule has 2 rings (SSSR count). The van der Waals surface area contributed by atoms with E-state index in [9.17, 15) is 9.59 Å². The van der Waals surface area contributed by atoms with E-state index in [1.807, 2.05) is 0 Å². The lowest BCUT2D eigenvalue weighted by molar-refractivity contribution is -0.147. The van der Waals surface area contributed by atoms with E-state index >= 15 is 0 Å². The molecule has 1 heterocycles. The first-order chi connectivity index (χ1) is 9.99. The Morgan fingerprint density at radius 3 is 2.81 bits per heavy atom. The van der Waals surface area contributed by atoms with Gasteiger partial charge in [-0.15, -0.1) is 0 Å². The maximum absolute atomic E-state index is 12.3.